The van der Waals surface area contributed by atoms with Gasteiger partial charge in [0.05, 0.1) is 24.5 Å². The van der Waals surface area contributed by atoms with Gasteiger partial charge in [0, 0.05) is 72.8 Å². The predicted octanol–water partition coefficient (Wildman–Crippen LogP) is 7.06. The van der Waals surface area contributed by atoms with Crippen molar-refractivity contribution in [2.75, 3.05) is 19.8 Å². The van der Waals surface area contributed by atoms with Crippen molar-refractivity contribution in [2.24, 2.45) is 13.0 Å². The number of benzene rings is 3. The Morgan fingerprint density at radius 1 is 0.897 bits per heavy atom. The molecule has 2 fully saturated rings. The fourth-order valence-electron chi connectivity index (χ4n) is 9.55. The summed E-state index contributed by atoms with van der Waals surface area (Å²) in [5.74, 6) is -1.38. The zero-order chi connectivity index (χ0) is 40.2. The van der Waals surface area contributed by atoms with E-state index >= 15 is 0 Å². The van der Waals surface area contributed by atoms with Crippen LogP contribution in [0.4, 0.5) is 4.39 Å². The minimum absolute atomic E-state index is 0.110. The van der Waals surface area contributed by atoms with Gasteiger partial charge in [-0.05, 0) is 116 Å². The highest BCUT2D eigenvalue weighted by Gasteiger charge is 2.61. The standard InChI is InChI=1S/C45H44FN7O5/c1-26-19-33(20-27(2)39(26)46)40-41(51-15-14-50(44(51)57)34-6-8-35-31(22-34)9-12-48(35)4)38-25-49(13-16-52(38)47-40)42(54)37-23-32-21-30(29-10-17-58-18-11-29)5-7-36(32)53(37)45(43(55)56)24-28(45)3/h5-9,12,14-15,19-23,28-29H,10-11,13,16-18,24-25H2,1-4H3,(H,55,56)/t28?,45-/m0/s1. The molecule has 0 bridgehead atoms. The van der Waals surface area contributed by atoms with E-state index in [0.717, 1.165) is 40.2 Å². The van der Waals surface area contributed by atoms with Crippen LogP contribution < -0.4 is 5.69 Å². The molecule has 7 aromatic rings. The molecule has 296 valence electrons. The Morgan fingerprint density at radius 3 is 2.34 bits per heavy atom. The molecule has 4 aromatic heterocycles. The van der Waals surface area contributed by atoms with Crippen LogP contribution in [0.25, 0.3) is 44.4 Å². The van der Waals surface area contributed by atoms with Gasteiger partial charge in [0.1, 0.15) is 28.4 Å². The van der Waals surface area contributed by atoms with Crippen molar-refractivity contribution in [3.63, 3.8) is 0 Å². The summed E-state index contributed by atoms with van der Waals surface area (Å²) in [6.07, 6.45) is 7.65. The number of hydrogen-bond acceptors (Lipinski definition) is 5. The predicted molar refractivity (Wildman–Crippen MR) is 217 cm³/mol. The Hall–Kier alpha value is -6.21. The fraction of sp³-hybridized carbons (Fsp3) is 0.333. The Labute approximate surface area is 333 Å². The first kappa shape index (κ1) is 36.2. The van der Waals surface area contributed by atoms with E-state index in [1.54, 1.807) is 57.0 Å². The lowest BCUT2D eigenvalue weighted by Gasteiger charge is -2.29. The minimum Gasteiger partial charge on any atom is -0.479 e. The lowest BCUT2D eigenvalue weighted by atomic mass is 9.91. The molecule has 1 N–H and O–H groups in total. The Balaban J connectivity index is 1.09. The molecule has 3 aliphatic rings. The number of halogens is 1. The third kappa shape index (κ3) is 5.43. The van der Waals surface area contributed by atoms with Crippen LogP contribution >= 0.6 is 0 Å². The number of carboxylic acids is 1. The first-order chi connectivity index (χ1) is 27.9. The Morgan fingerprint density at radius 2 is 1.62 bits per heavy atom. The molecule has 10 rings (SSSR count). The SMILES string of the molecule is Cc1cc(-c2nn3c(c2-n2ccn(-c4ccc5c(ccn5C)c4)c2=O)CN(C(=O)c2cc4cc(C5CCOCC5)ccc4n2[C@@]2(C(=O)O)CC2C)CC3)cc(C)c1F. The van der Waals surface area contributed by atoms with Crippen LogP contribution in [-0.2, 0) is 35.2 Å². The zero-order valence-electron chi connectivity index (χ0n) is 32.9. The third-order valence-corrected chi connectivity index (χ3v) is 12.9. The largest absolute Gasteiger partial charge is 0.479 e. The highest BCUT2D eigenvalue weighted by atomic mass is 19.1. The van der Waals surface area contributed by atoms with Gasteiger partial charge in [-0.1, -0.05) is 13.0 Å². The highest BCUT2D eigenvalue weighted by molar-refractivity contribution is 6.01. The smallest absolute Gasteiger partial charge is 0.337 e. The average molecular weight is 782 g/mol. The van der Waals surface area contributed by atoms with Gasteiger partial charge in [-0.15, -0.1) is 0 Å². The number of aryl methyl sites for hydroxylation is 3. The maximum atomic E-state index is 15.0. The Kier molecular flexibility index (Phi) is 8.21. The quantitative estimate of drug-likeness (QED) is 0.185. The molecule has 1 saturated heterocycles. The summed E-state index contributed by atoms with van der Waals surface area (Å²) >= 11 is 0. The van der Waals surface area contributed by atoms with E-state index in [1.165, 1.54) is 0 Å². The molecule has 1 unspecified atom stereocenters. The van der Waals surface area contributed by atoms with Crippen LogP contribution in [0.3, 0.4) is 0 Å². The van der Waals surface area contributed by atoms with Crippen molar-refractivity contribution in [3.05, 3.63) is 124 Å². The van der Waals surface area contributed by atoms with Crippen LogP contribution in [0.1, 0.15) is 65.0 Å². The fourth-order valence-corrected chi connectivity index (χ4v) is 9.55. The molecule has 1 aliphatic carbocycles. The molecule has 6 heterocycles. The summed E-state index contributed by atoms with van der Waals surface area (Å²) in [5.41, 5.74) is 5.61. The number of aliphatic carboxylic acids is 1. The summed E-state index contributed by atoms with van der Waals surface area (Å²) in [6, 6.07) is 19.4. The van der Waals surface area contributed by atoms with Gasteiger partial charge in [-0.25, -0.2) is 14.0 Å². The highest BCUT2D eigenvalue weighted by Crippen LogP contribution is 2.53. The number of ether oxygens (including phenoxy) is 1. The van der Waals surface area contributed by atoms with Crippen molar-refractivity contribution in [3.8, 4) is 22.6 Å². The normalized spacial score (nSPS) is 19.6. The number of nitrogens with zero attached hydrogens (tertiary/aromatic N) is 7. The number of fused-ring (bicyclic) bond motifs is 3. The summed E-state index contributed by atoms with van der Waals surface area (Å²) in [6.45, 7) is 7.48. The zero-order valence-corrected chi connectivity index (χ0v) is 32.9. The van der Waals surface area contributed by atoms with E-state index in [2.05, 4.69) is 12.1 Å². The molecular formula is C45H44FN7O5. The summed E-state index contributed by atoms with van der Waals surface area (Å²) in [5, 5.41) is 17.5. The maximum absolute atomic E-state index is 15.0. The van der Waals surface area contributed by atoms with E-state index in [4.69, 9.17) is 9.84 Å². The van der Waals surface area contributed by atoms with Crippen LogP contribution in [0.2, 0.25) is 0 Å². The second-order valence-electron chi connectivity index (χ2n) is 16.4. The van der Waals surface area contributed by atoms with Crippen molar-refractivity contribution < 1.29 is 23.8 Å². The number of carbonyl (C=O) groups excluding carboxylic acids is 1. The van der Waals surface area contributed by atoms with Gasteiger partial charge < -0.3 is 23.9 Å². The molecule has 0 radical (unpaired) electrons. The second-order valence-corrected chi connectivity index (χ2v) is 16.4. The molecule has 2 atom stereocenters. The van der Waals surface area contributed by atoms with Gasteiger partial charge in [0.15, 0.2) is 0 Å². The summed E-state index contributed by atoms with van der Waals surface area (Å²) in [7, 11) is 1.97. The summed E-state index contributed by atoms with van der Waals surface area (Å²) < 4.78 is 29.3. The number of carbonyl (C=O) groups is 2. The van der Waals surface area contributed by atoms with Gasteiger partial charge in [0.25, 0.3) is 5.91 Å². The number of hydrogen-bond donors (Lipinski definition) is 1. The number of rotatable bonds is 7. The van der Waals surface area contributed by atoms with Crippen LogP contribution in [0, 0.1) is 25.6 Å². The van der Waals surface area contributed by atoms with E-state index in [9.17, 15) is 23.9 Å². The van der Waals surface area contributed by atoms with E-state index in [0.29, 0.717) is 83.8 Å². The number of aromatic nitrogens is 6. The van der Waals surface area contributed by atoms with E-state index in [1.807, 2.05) is 65.8 Å². The van der Waals surface area contributed by atoms with E-state index in [-0.39, 0.29) is 29.9 Å². The van der Waals surface area contributed by atoms with Crippen LogP contribution in [0.5, 0.6) is 0 Å². The third-order valence-electron chi connectivity index (χ3n) is 12.9. The molecule has 12 nitrogen and oxygen atoms in total. The molecule has 13 heteroatoms. The first-order valence-electron chi connectivity index (χ1n) is 19.9. The lowest BCUT2D eigenvalue weighted by Crippen LogP contribution is -2.41. The number of carboxylic acid groups (broad SMARTS) is 1. The van der Waals surface area contributed by atoms with Gasteiger partial charge >= 0.3 is 11.7 Å². The van der Waals surface area contributed by atoms with Crippen molar-refractivity contribution >= 4 is 33.7 Å². The van der Waals surface area contributed by atoms with Gasteiger partial charge in [0.2, 0.25) is 0 Å². The van der Waals surface area contributed by atoms with Crippen LogP contribution in [0.15, 0.2) is 84.0 Å². The molecule has 58 heavy (non-hydrogen) atoms. The number of imidazole rings is 1. The maximum Gasteiger partial charge on any atom is 0.337 e. The molecule has 2 aliphatic heterocycles. The van der Waals surface area contributed by atoms with Gasteiger partial charge in [-0.3, -0.25) is 18.6 Å². The second kappa shape index (κ2) is 13.2. The molecular weight excluding hydrogens is 738 g/mol. The van der Waals surface area contributed by atoms with Gasteiger partial charge in [-0.2, -0.15) is 5.10 Å². The molecule has 1 saturated carbocycles. The van der Waals surface area contributed by atoms with Crippen molar-refractivity contribution in [1.29, 1.82) is 0 Å². The van der Waals surface area contributed by atoms with Crippen LogP contribution in [-0.4, -0.2) is 69.7 Å². The average Bonchev–Trinajstić information content (AvgIpc) is 3.64. The molecule has 0 spiro atoms. The molecule has 1 amide bonds. The van der Waals surface area contributed by atoms with Crippen molar-refractivity contribution in [1.82, 2.24) is 32.9 Å². The first-order valence-corrected chi connectivity index (χ1v) is 19.9. The van der Waals surface area contributed by atoms with E-state index < -0.39 is 11.5 Å². The monoisotopic (exact) mass is 781 g/mol. The lowest BCUT2D eigenvalue weighted by molar-refractivity contribution is -0.142. The topological polar surface area (TPSA) is 121 Å². The molecule has 3 aromatic carbocycles. The summed E-state index contributed by atoms with van der Waals surface area (Å²) in [4.78, 5) is 44.2. The minimum atomic E-state index is -1.24. The number of amides is 1. The Bertz CT molecular complexity index is 2880. The van der Waals surface area contributed by atoms with Crippen molar-refractivity contribution in [2.45, 2.75) is 64.6 Å².